The van der Waals surface area contributed by atoms with Crippen LogP contribution in [0.5, 0.6) is 0 Å². The van der Waals surface area contributed by atoms with Gasteiger partial charge in [0.15, 0.2) is 0 Å². The molecule has 1 fully saturated rings. The molecule has 0 radical (unpaired) electrons. The van der Waals surface area contributed by atoms with Crippen LogP contribution in [-0.4, -0.2) is 38.1 Å². The van der Waals surface area contributed by atoms with Gasteiger partial charge in [0.1, 0.15) is 5.84 Å². The molecule has 2 heterocycles. The molecule has 0 aromatic heterocycles. The van der Waals surface area contributed by atoms with E-state index in [1.807, 2.05) is 0 Å². The Kier molecular flexibility index (Phi) is 4.42. The number of nitrogens with zero attached hydrogens (tertiary/aromatic N) is 1. The molecule has 3 N–H and O–H groups in total. The zero-order valence-electron chi connectivity index (χ0n) is 15.6. The first-order valence-corrected chi connectivity index (χ1v) is 10.0. The van der Waals surface area contributed by atoms with E-state index >= 15 is 0 Å². The molecule has 2 aromatic carbocycles. The molecule has 27 heavy (non-hydrogen) atoms. The summed E-state index contributed by atoms with van der Waals surface area (Å²) < 4.78 is 0. The molecule has 138 valence electrons. The fourth-order valence-corrected chi connectivity index (χ4v) is 4.25. The lowest BCUT2D eigenvalue weighted by Crippen LogP contribution is -2.35. The number of rotatable bonds is 4. The van der Waals surface area contributed by atoms with Crippen molar-refractivity contribution in [2.45, 2.75) is 25.3 Å². The van der Waals surface area contributed by atoms with Crippen molar-refractivity contribution in [2.24, 2.45) is 4.99 Å². The molecule has 5 rings (SSSR count). The van der Waals surface area contributed by atoms with E-state index in [9.17, 15) is 0 Å². The SMILES string of the molecule is C1=C(c2ccc(NC3CCNCC3)cc2)Cc2cc(C3=NCCN3)ccc21. The summed E-state index contributed by atoms with van der Waals surface area (Å²) in [5.74, 6) is 1.04. The topological polar surface area (TPSA) is 48.5 Å². The van der Waals surface area contributed by atoms with Gasteiger partial charge >= 0.3 is 0 Å². The van der Waals surface area contributed by atoms with Gasteiger partial charge in [-0.2, -0.15) is 0 Å². The zero-order valence-corrected chi connectivity index (χ0v) is 15.6. The first-order chi connectivity index (χ1) is 13.3. The first kappa shape index (κ1) is 16.6. The lowest BCUT2D eigenvalue weighted by atomic mass is 10.0. The van der Waals surface area contributed by atoms with Crippen molar-refractivity contribution >= 4 is 23.2 Å². The smallest absolute Gasteiger partial charge is 0.128 e. The summed E-state index contributed by atoms with van der Waals surface area (Å²) in [5, 5.41) is 10.5. The Morgan fingerprint density at radius 1 is 0.926 bits per heavy atom. The van der Waals surface area contributed by atoms with Crippen LogP contribution in [0.3, 0.4) is 0 Å². The summed E-state index contributed by atoms with van der Waals surface area (Å²) in [4.78, 5) is 4.54. The fraction of sp³-hybridized carbons (Fsp3) is 0.348. The van der Waals surface area contributed by atoms with Crippen LogP contribution < -0.4 is 16.0 Å². The van der Waals surface area contributed by atoms with Crippen molar-refractivity contribution in [3.05, 3.63) is 64.7 Å². The van der Waals surface area contributed by atoms with Crippen molar-refractivity contribution in [1.82, 2.24) is 10.6 Å². The van der Waals surface area contributed by atoms with Gasteiger partial charge < -0.3 is 16.0 Å². The highest BCUT2D eigenvalue weighted by atomic mass is 15.1. The van der Waals surface area contributed by atoms with Gasteiger partial charge in [0.05, 0.1) is 6.54 Å². The van der Waals surface area contributed by atoms with Crippen LogP contribution in [0.1, 0.15) is 35.1 Å². The van der Waals surface area contributed by atoms with Crippen LogP contribution in [0.25, 0.3) is 11.6 Å². The average molecular weight is 358 g/mol. The lowest BCUT2D eigenvalue weighted by molar-refractivity contribution is 0.479. The number of amidine groups is 1. The molecule has 0 saturated carbocycles. The minimum Gasteiger partial charge on any atom is -0.382 e. The number of anilines is 1. The highest BCUT2D eigenvalue weighted by Crippen LogP contribution is 2.33. The highest BCUT2D eigenvalue weighted by molar-refractivity contribution is 6.01. The van der Waals surface area contributed by atoms with Crippen molar-refractivity contribution in [1.29, 1.82) is 0 Å². The Balaban J connectivity index is 1.29. The summed E-state index contributed by atoms with van der Waals surface area (Å²) in [6.07, 6.45) is 5.73. The minimum absolute atomic E-state index is 0.595. The van der Waals surface area contributed by atoms with E-state index < -0.39 is 0 Å². The van der Waals surface area contributed by atoms with Crippen LogP contribution >= 0.6 is 0 Å². The number of allylic oxidation sites excluding steroid dienone is 1. The number of nitrogens with one attached hydrogen (secondary N) is 3. The van der Waals surface area contributed by atoms with Crippen LogP contribution in [0.15, 0.2) is 47.5 Å². The first-order valence-electron chi connectivity index (χ1n) is 10.0. The van der Waals surface area contributed by atoms with Crippen molar-refractivity contribution in [3.63, 3.8) is 0 Å². The number of piperidine rings is 1. The van der Waals surface area contributed by atoms with Gasteiger partial charge in [-0.25, -0.2) is 0 Å². The molecule has 0 bridgehead atoms. The average Bonchev–Trinajstić information content (AvgIpc) is 3.39. The van der Waals surface area contributed by atoms with E-state index in [4.69, 9.17) is 0 Å². The fourth-order valence-electron chi connectivity index (χ4n) is 4.25. The van der Waals surface area contributed by atoms with Gasteiger partial charge in [0.25, 0.3) is 0 Å². The summed E-state index contributed by atoms with van der Waals surface area (Å²) in [6.45, 7) is 4.07. The molecule has 4 nitrogen and oxygen atoms in total. The maximum absolute atomic E-state index is 4.54. The molecule has 2 aromatic rings. The molecule has 4 heteroatoms. The van der Waals surface area contributed by atoms with Crippen molar-refractivity contribution < 1.29 is 0 Å². The molecule has 0 atom stereocenters. The Hall–Kier alpha value is -2.59. The second-order valence-electron chi connectivity index (χ2n) is 7.66. The molecule has 3 aliphatic rings. The van der Waals surface area contributed by atoms with Crippen LogP contribution in [0.4, 0.5) is 5.69 Å². The molecule has 1 saturated heterocycles. The van der Waals surface area contributed by atoms with Crippen LogP contribution in [0, 0.1) is 0 Å². The predicted octanol–water partition coefficient (Wildman–Crippen LogP) is 3.30. The Morgan fingerprint density at radius 2 is 1.74 bits per heavy atom. The monoisotopic (exact) mass is 358 g/mol. The minimum atomic E-state index is 0.595. The Labute approximate surface area is 160 Å². The molecule has 2 aliphatic heterocycles. The zero-order chi connectivity index (χ0) is 18.1. The molecular formula is C23H26N4. The van der Waals surface area contributed by atoms with Gasteiger partial charge in [0, 0.05) is 23.8 Å². The number of fused-ring (bicyclic) bond motifs is 1. The molecule has 0 unspecified atom stereocenters. The van der Waals surface area contributed by atoms with Crippen LogP contribution in [0.2, 0.25) is 0 Å². The van der Waals surface area contributed by atoms with Crippen molar-refractivity contribution in [3.8, 4) is 0 Å². The van der Waals surface area contributed by atoms with E-state index in [0.29, 0.717) is 6.04 Å². The summed E-state index contributed by atoms with van der Waals surface area (Å²) >= 11 is 0. The molecular weight excluding hydrogens is 332 g/mol. The third-order valence-corrected chi connectivity index (χ3v) is 5.77. The Morgan fingerprint density at radius 3 is 2.52 bits per heavy atom. The molecule has 0 amide bonds. The van der Waals surface area contributed by atoms with E-state index in [-0.39, 0.29) is 0 Å². The van der Waals surface area contributed by atoms with Crippen LogP contribution in [-0.2, 0) is 6.42 Å². The van der Waals surface area contributed by atoms with Gasteiger partial charge in [-0.3, -0.25) is 4.99 Å². The van der Waals surface area contributed by atoms with Gasteiger partial charge in [-0.05, 0) is 72.8 Å². The summed E-state index contributed by atoms with van der Waals surface area (Å²) in [6, 6.07) is 16.3. The normalized spacial score (nSPS) is 19.3. The third kappa shape index (κ3) is 3.50. The number of aliphatic imine (C=N–C) groups is 1. The lowest BCUT2D eigenvalue weighted by Gasteiger charge is -2.24. The summed E-state index contributed by atoms with van der Waals surface area (Å²) in [7, 11) is 0. The molecule has 1 aliphatic carbocycles. The van der Waals surface area contributed by atoms with E-state index in [1.54, 1.807) is 0 Å². The largest absolute Gasteiger partial charge is 0.382 e. The third-order valence-electron chi connectivity index (χ3n) is 5.77. The quantitative estimate of drug-likeness (QED) is 0.786. The summed E-state index contributed by atoms with van der Waals surface area (Å²) in [5.41, 5.74) is 7.90. The number of hydrogen-bond donors (Lipinski definition) is 3. The second kappa shape index (κ2) is 7.20. The predicted molar refractivity (Wildman–Crippen MR) is 113 cm³/mol. The second-order valence-corrected chi connectivity index (χ2v) is 7.66. The maximum Gasteiger partial charge on any atom is 0.128 e. The van der Waals surface area contributed by atoms with E-state index in [2.05, 4.69) is 69.5 Å². The number of hydrogen-bond acceptors (Lipinski definition) is 4. The number of benzene rings is 2. The van der Waals surface area contributed by atoms with Crippen molar-refractivity contribution in [2.75, 3.05) is 31.5 Å². The standard InChI is InChI=1S/C23H26N4/c1-2-18(23-25-11-12-26-23)14-20-15-19(13-17(1)20)16-3-5-21(6-4-16)27-22-7-9-24-10-8-22/h1-6,13-14,22,24,27H,7-12,15H2,(H,25,26). The Bertz CT molecular complexity index is 889. The molecule has 0 spiro atoms. The highest BCUT2D eigenvalue weighted by Gasteiger charge is 2.17. The van der Waals surface area contributed by atoms with Gasteiger partial charge in [-0.1, -0.05) is 30.3 Å². The maximum atomic E-state index is 4.54. The van der Waals surface area contributed by atoms with Gasteiger partial charge in [-0.15, -0.1) is 0 Å². The van der Waals surface area contributed by atoms with E-state index in [0.717, 1.165) is 38.4 Å². The van der Waals surface area contributed by atoms with E-state index in [1.165, 1.54) is 46.4 Å². The van der Waals surface area contributed by atoms with Gasteiger partial charge in [0.2, 0.25) is 0 Å².